The number of benzene rings is 2. The van der Waals surface area contributed by atoms with E-state index >= 15 is 0 Å². The zero-order chi connectivity index (χ0) is 18.6. The molecule has 5 nitrogen and oxygen atoms in total. The lowest BCUT2D eigenvalue weighted by Crippen LogP contribution is -3.14. The van der Waals surface area contributed by atoms with E-state index in [0.717, 1.165) is 43.0 Å². The van der Waals surface area contributed by atoms with Gasteiger partial charge in [-0.2, -0.15) is 4.72 Å². The van der Waals surface area contributed by atoms with Crippen molar-refractivity contribution in [3.8, 4) is 0 Å². The summed E-state index contributed by atoms with van der Waals surface area (Å²) in [7, 11) is -3.61. The van der Waals surface area contributed by atoms with Crippen LogP contribution < -0.4 is 9.62 Å². The summed E-state index contributed by atoms with van der Waals surface area (Å²) in [4.78, 5) is 1.71. The highest BCUT2D eigenvalue weighted by Crippen LogP contribution is 2.20. The van der Waals surface area contributed by atoms with Crippen LogP contribution in [0.25, 0.3) is 0 Å². The quantitative estimate of drug-likeness (QED) is 0.799. The first kappa shape index (κ1) is 19.0. The van der Waals surface area contributed by atoms with E-state index in [2.05, 4.69) is 4.72 Å². The molecule has 0 saturated carbocycles. The van der Waals surface area contributed by atoms with Crippen LogP contribution in [0.3, 0.4) is 0 Å². The van der Waals surface area contributed by atoms with Crippen LogP contribution in [0.4, 0.5) is 0 Å². The molecule has 0 unspecified atom stereocenters. The van der Waals surface area contributed by atoms with E-state index in [1.54, 1.807) is 6.07 Å². The number of rotatable bonds is 6. The monoisotopic (exact) mass is 375 g/mol. The Labute approximate surface area is 156 Å². The number of nitrogens with one attached hydrogen (secondary N) is 2. The third kappa shape index (κ3) is 4.71. The van der Waals surface area contributed by atoms with Gasteiger partial charge in [0.25, 0.3) is 0 Å². The number of quaternary nitrogens is 1. The molecule has 0 bridgehead atoms. The molecule has 1 saturated heterocycles. The minimum absolute atomic E-state index is 0.269. The fourth-order valence-corrected chi connectivity index (χ4v) is 4.87. The van der Waals surface area contributed by atoms with E-state index < -0.39 is 10.0 Å². The normalized spacial score (nSPS) is 17.2. The lowest BCUT2D eigenvalue weighted by atomic mass is 10.1. The third-order valence-electron chi connectivity index (χ3n) is 4.83. The fourth-order valence-electron chi connectivity index (χ4n) is 3.31. The molecule has 0 amide bonds. The van der Waals surface area contributed by atoms with Crippen LogP contribution in [0, 0.1) is 13.8 Å². The Hall–Kier alpha value is -1.73. The summed E-state index contributed by atoms with van der Waals surface area (Å²) in [5, 5.41) is 0. The van der Waals surface area contributed by atoms with Crippen LogP contribution in [-0.4, -0.2) is 41.3 Å². The highest BCUT2D eigenvalue weighted by atomic mass is 32.2. The largest absolute Gasteiger partial charge is 0.370 e. The SMILES string of the molecule is Cc1ccc(C)c(S(=O)(=O)N[C@H](C[NH+]2CCOCC2)c2ccccc2)c1. The molecule has 6 heteroatoms. The van der Waals surface area contributed by atoms with Crippen molar-refractivity contribution in [2.24, 2.45) is 0 Å². The van der Waals surface area contributed by atoms with E-state index in [-0.39, 0.29) is 6.04 Å². The van der Waals surface area contributed by atoms with Gasteiger partial charge in [0.15, 0.2) is 0 Å². The van der Waals surface area contributed by atoms with Crippen molar-refractivity contribution in [2.45, 2.75) is 24.8 Å². The van der Waals surface area contributed by atoms with Gasteiger partial charge in [-0.05, 0) is 36.6 Å². The summed E-state index contributed by atoms with van der Waals surface area (Å²) < 4.78 is 34.5. The lowest BCUT2D eigenvalue weighted by molar-refractivity contribution is -0.909. The summed E-state index contributed by atoms with van der Waals surface area (Å²) >= 11 is 0. The van der Waals surface area contributed by atoms with Gasteiger partial charge in [0.05, 0.1) is 30.7 Å². The molecule has 2 aromatic carbocycles. The number of hydrogen-bond acceptors (Lipinski definition) is 3. The van der Waals surface area contributed by atoms with E-state index in [9.17, 15) is 8.42 Å². The zero-order valence-corrected chi connectivity index (χ0v) is 16.2. The lowest BCUT2D eigenvalue weighted by Gasteiger charge is -2.28. The Balaban J connectivity index is 1.87. The van der Waals surface area contributed by atoms with Crippen molar-refractivity contribution >= 4 is 10.0 Å². The molecule has 0 spiro atoms. The van der Waals surface area contributed by atoms with E-state index in [0.29, 0.717) is 11.4 Å². The first-order valence-corrected chi connectivity index (χ1v) is 10.5. The third-order valence-corrected chi connectivity index (χ3v) is 6.44. The van der Waals surface area contributed by atoms with Gasteiger partial charge in [-0.15, -0.1) is 0 Å². The molecule has 0 radical (unpaired) electrons. The Morgan fingerprint density at radius 2 is 1.77 bits per heavy atom. The molecule has 2 N–H and O–H groups in total. The van der Waals surface area contributed by atoms with Gasteiger partial charge in [-0.3, -0.25) is 0 Å². The summed E-state index contributed by atoms with van der Waals surface area (Å²) in [6.45, 7) is 7.69. The first-order valence-electron chi connectivity index (χ1n) is 9.01. The Kier molecular flexibility index (Phi) is 6.09. The van der Waals surface area contributed by atoms with Crippen molar-refractivity contribution in [1.82, 2.24) is 4.72 Å². The smallest absolute Gasteiger partial charge is 0.241 e. The van der Waals surface area contributed by atoms with Gasteiger partial charge in [-0.25, -0.2) is 8.42 Å². The molecule has 26 heavy (non-hydrogen) atoms. The van der Waals surface area contributed by atoms with Crippen LogP contribution in [0.5, 0.6) is 0 Å². The van der Waals surface area contributed by atoms with Crippen molar-refractivity contribution in [3.63, 3.8) is 0 Å². The molecule has 3 rings (SSSR count). The molecular weight excluding hydrogens is 348 g/mol. The maximum absolute atomic E-state index is 13.1. The van der Waals surface area contributed by atoms with Gasteiger partial charge in [-0.1, -0.05) is 42.5 Å². The Morgan fingerprint density at radius 1 is 1.08 bits per heavy atom. The van der Waals surface area contributed by atoms with Crippen LogP contribution in [-0.2, 0) is 14.8 Å². The van der Waals surface area contributed by atoms with E-state index in [1.165, 1.54) is 4.90 Å². The van der Waals surface area contributed by atoms with E-state index in [4.69, 9.17) is 4.74 Å². The second-order valence-electron chi connectivity index (χ2n) is 6.92. The molecule has 1 aliphatic rings. The van der Waals surface area contributed by atoms with Crippen LogP contribution in [0.15, 0.2) is 53.4 Å². The highest BCUT2D eigenvalue weighted by molar-refractivity contribution is 7.89. The predicted molar refractivity (Wildman–Crippen MR) is 102 cm³/mol. The zero-order valence-electron chi connectivity index (χ0n) is 15.4. The molecule has 1 heterocycles. The van der Waals surface area contributed by atoms with E-state index in [1.807, 2.05) is 56.3 Å². The highest BCUT2D eigenvalue weighted by Gasteiger charge is 2.27. The molecular formula is C20H27N2O3S+. The maximum atomic E-state index is 13.1. The summed E-state index contributed by atoms with van der Waals surface area (Å²) in [6, 6.07) is 15.1. The number of hydrogen-bond donors (Lipinski definition) is 2. The number of sulfonamides is 1. The van der Waals surface area contributed by atoms with Crippen molar-refractivity contribution in [3.05, 3.63) is 65.2 Å². The Morgan fingerprint density at radius 3 is 2.46 bits per heavy atom. The molecule has 2 aromatic rings. The van der Waals surface area contributed by atoms with Gasteiger partial charge >= 0.3 is 0 Å². The number of morpholine rings is 1. The molecule has 1 aliphatic heterocycles. The standard InChI is InChI=1S/C20H26N2O3S/c1-16-8-9-17(2)20(14-16)26(23,24)21-19(18-6-4-3-5-7-18)15-22-10-12-25-13-11-22/h3-9,14,19,21H,10-13,15H2,1-2H3/p+1/t19-/m1/s1. The topological polar surface area (TPSA) is 59.8 Å². The summed E-state index contributed by atoms with van der Waals surface area (Å²) in [6.07, 6.45) is 0. The van der Waals surface area contributed by atoms with Gasteiger partial charge in [0.2, 0.25) is 10.0 Å². The van der Waals surface area contributed by atoms with Crippen molar-refractivity contribution in [2.75, 3.05) is 32.8 Å². The molecule has 0 aromatic heterocycles. The molecule has 1 fully saturated rings. The maximum Gasteiger partial charge on any atom is 0.241 e. The van der Waals surface area contributed by atoms with Crippen LogP contribution >= 0.6 is 0 Å². The average molecular weight is 376 g/mol. The van der Waals surface area contributed by atoms with Crippen LogP contribution in [0.1, 0.15) is 22.7 Å². The van der Waals surface area contributed by atoms with Gasteiger partial charge in [0.1, 0.15) is 13.1 Å². The van der Waals surface area contributed by atoms with Crippen LogP contribution in [0.2, 0.25) is 0 Å². The van der Waals surface area contributed by atoms with Gasteiger partial charge in [0, 0.05) is 0 Å². The second-order valence-corrected chi connectivity index (χ2v) is 8.60. The average Bonchev–Trinajstić information content (AvgIpc) is 2.64. The summed E-state index contributed by atoms with van der Waals surface area (Å²) in [5.74, 6) is 0. The minimum Gasteiger partial charge on any atom is -0.370 e. The Bertz CT molecular complexity index is 831. The summed E-state index contributed by atoms with van der Waals surface area (Å²) in [5.41, 5.74) is 2.68. The second kappa shape index (κ2) is 8.31. The van der Waals surface area contributed by atoms with Crippen molar-refractivity contribution in [1.29, 1.82) is 0 Å². The fraction of sp³-hybridized carbons (Fsp3) is 0.400. The minimum atomic E-state index is -3.61. The predicted octanol–water partition coefficient (Wildman–Crippen LogP) is 1.24. The molecule has 140 valence electrons. The molecule has 0 aliphatic carbocycles. The number of ether oxygens (including phenoxy) is 1. The number of aryl methyl sites for hydroxylation is 2. The van der Waals surface area contributed by atoms with Gasteiger partial charge < -0.3 is 9.64 Å². The van der Waals surface area contributed by atoms with Crippen molar-refractivity contribution < 1.29 is 18.1 Å². The first-order chi connectivity index (χ1) is 12.5. The molecule has 1 atom stereocenters.